The van der Waals surface area contributed by atoms with Crippen molar-refractivity contribution in [3.63, 3.8) is 0 Å². The average molecular weight is 477 g/mol. The van der Waals surface area contributed by atoms with E-state index in [0.717, 1.165) is 22.3 Å². The number of hydrogen-bond acceptors (Lipinski definition) is 5. The molecule has 2 aliphatic rings. The van der Waals surface area contributed by atoms with Gasteiger partial charge in [0.2, 0.25) is 5.91 Å². The van der Waals surface area contributed by atoms with Crippen molar-refractivity contribution in [2.24, 2.45) is 0 Å². The number of carboxylic acid groups (broad SMARTS) is 1. The standard InChI is InChI=1S/C27H28N2O6/c1-2-7-23(25(32)29-27(16-24(30)31)12-14-34-15-13-27)28-26(33)35-17-22-20-10-5-3-8-18(20)19-9-4-6-11-21(19)22/h1,3-6,8-11,22-23H,7,12-17H2,(H,28,33)(H,29,32)(H,30,31). The molecule has 0 radical (unpaired) electrons. The number of carbonyl (C=O) groups excluding carboxylic acids is 2. The average Bonchev–Trinajstić information content (AvgIpc) is 3.16. The van der Waals surface area contributed by atoms with Crippen LogP contribution in [0.15, 0.2) is 48.5 Å². The highest BCUT2D eigenvalue weighted by molar-refractivity contribution is 5.87. The van der Waals surface area contributed by atoms with Crippen molar-refractivity contribution < 1.29 is 29.0 Å². The minimum Gasteiger partial charge on any atom is -0.481 e. The highest BCUT2D eigenvalue weighted by Crippen LogP contribution is 2.44. The smallest absolute Gasteiger partial charge is 0.407 e. The van der Waals surface area contributed by atoms with Crippen LogP contribution in [0.25, 0.3) is 11.1 Å². The fourth-order valence-corrected chi connectivity index (χ4v) is 4.86. The molecule has 1 heterocycles. The molecule has 1 saturated heterocycles. The van der Waals surface area contributed by atoms with Crippen molar-refractivity contribution in [2.45, 2.75) is 43.2 Å². The molecule has 0 aromatic heterocycles. The molecule has 1 aliphatic carbocycles. The van der Waals surface area contributed by atoms with E-state index >= 15 is 0 Å². The van der Waals surface area contributed by atoms with Gasteiger partial charge in [0.05, 0.1) is 12.0 Å². The maximum absolute atomic E-state index is 13.0. The number of ether oxygens (including phenoxy) is 2. The lowest BCUT2D eigenvalue weighted by Crippen LogP contribution is -2.58. The zero-order valence-corrected chi connectivity index (χ0v) is 19.3. The van der Waals surface area contributed by atoms with Crippen molar-refractivity contribution in [3.05, 3.63) is 59.7 Å². The largest absolute Gasteiger partial charge is 0.481 e. The maximum Gasteiger partial charge on any atom is 0.407 e. The molecule has 4 rings (SSSR count). The number of rotatable bonds is 8. The van der Waals surface area contributed by atoms with Gasteiger partial charge in [0.25, 0.3) is 0 Å². The van der Waals surface area contributed by atoms with E-state index < -0.39 is 29.6 Å². The number of carbonyl (C=O) groups is 3. The molecule has 2 aromatic carbocycles. The fourth-order valence-electron chi connectivity index (χ4n) is 4.86. The summed E-state index contributed by atoms with van der Waals surface area (Å²) in [5.41, 5.74) is 3.43. The van der Waals surface area contributed by atoms with E-state index in [2.05, 4.69) is 16.6 Å². The van der Waals surface area contributed by atoms with E-state index in [1.807, 2.05) is 48.5 Å². The lowest BCUT2D eigenvalue weighted by molar-refractivity contribution is -0.140. The van der Waals surface area contributed by atoms with Crippen LogP contribution in [0.5, 0.6) is 0 Å². The summed E-state index contributed by atoms with van der Waals surface area (Å²) in [4.78, 5) is 37.1. The number of benzene rings is 2. The molecular weight excluding hydrogens is 448 g/mol. The molecule has 3 N–H and O–H groups in total. The molecule has 8 nitrogen and oxygen atoms in total. The summed E-state index contributed by atoms with van der Waals surface area (Å²) < 4.78 is 10.9. The molecule has 0 spiro atoms. The lowest BCUT2D eigenvalue weighted by atomic mass is 9.86. The number of amides is 2. The van der Waals surface area contributed by atoms with Gasteiger partial charge in [0.1, 0.15) is 12.6 Å². The Labute approximate surface area is 204 Å². The molecule has 182 valence electrons. The summed E-state index contributed by atoms with van der Waals surface area (Å²) in [7, 11) is 0. The minimum atomic E-state index is -1.05. The van der Waals surface area contributed by atoms with E-state index in [4.69, 9.17) is 15.9 Å². The van der Waals surface area contributed by atoms with Gasteiger partial charge in [-0.1, -0.05) is 48.5 Å². The van der Waals surface area contributed by atoms with Crippen LogP contribution in [0.4, 0.5) is 4.79 Å². The van der Waals surface area contributed by atoms with E-state index in [-0.39, 0.29) is 25.4 Å². The van der Waals surface area contributed by atoms with Crippen LogP contribution in [0.1, 0.15) is 42.7 Å². The topological polar surface area (TPSA) is 114 Å². The Bertz CT molecular complexity index is 1100. The molecule has 1 atom stereocenters. The van der Waals surface area contributed by atoms with Gasteiger partial charge in [-0.15, -0.1) is 12.3 Å². The van der Waals surface area contributed by atoms with Gasteiger partial charge in [0, 0.05) is 25.6 Å². The lowest BCUT2D eigenvalue weighted by Gasteiger charge is -2.37. The van der Waals surface area contributed by atoms with Crippen LogP contribution in [-0.2, 0) is 19.1 Å². The SMILES string of the molecule is C#CCC(NC(=O)OCC1c2ccccc2-c2ccccc21)C(=O)NC1(CC(=O)O)CCOCC1. The summed E-state index contributed by atoms with van der Waals surface area (Å²) in [6, 6.07) is 14.9. The van der Waals surface area contributed by atoms with Gasteiger partial charge in [0.15, 0.2) is 0 Å². The number of hydrogen-bond donors (Lipinski definition) is 3. The Morgan fingerprint density at radius 2 is 1.69 bits per heavy atom. The second-order valence-electron chi connectivity index (χ2n) is 8.88. The molecule has 1 unspecified atom stereocenters. The second kappa shape index (κ2) is 10.6. The Hall–Kier alpha value is -3.83. The highest BCUT2D eigenvalue weighted by Gasteiger charge is 2.38. The Morgan fingerprint density at radius 1 is 1.09 bits per heavy atom. The highest BCUT2D eigenvalue weighted by atomic mass is 16.5. The molecule has 2 aromatic rings. The fraction of sp³-hybridized carbons (Fsp3) is 0.370. The van der Waals surface area contributed by atoms with Crippen LogP contribution in [0, 0.1) is 12.3 Å². The molecule has 1 fully saturated rings. The quantitative estimate of drug-likeness (QED) is 0.505. The van der Waals surface area contributed by atoms with Crippen LogP contribution in [-0.4, -0.2) is 54.5 Å². The van der Waals surface area contributed by atoms with E-state index in [1.165, 1.54) is 0 Å². The molecule has 0 saturated carbocycles. The normalized spacial score (nSPS) is 16.8. The first-order chi connectivity index (χ1) is 16.9. The van der Waals surface area contributed by atoms with E-state index in [0.29, 0.717) is 26.1 Å². The predicted molar refractivity (Wildman–Crippen MR) is 129 cm³/mol. The van der Waals surface area contributed by atoms with Gasteiger partial charge in [-0.3, -0.25) is 9.59 Å². The first-order valence-corrected chi connectivity index (χ1v) is 11.6. The summed E-state index contributed by atoms with van der Waals surface area (Å²) >= 11 is 0. The zero-order valence-electron chi connectivity index (χ0n) is 19.3. The maximum atomic E-state index is 13.0. The van der Waals surface area contributed by atoms with Crippen LogP contribution in [0.3, 0.4) is 0 Å². The third kappa shape index (κ3) is 5.47. The second-order valence-corrected chi connectivity index (χ2v) is 8.88. The Morgan fingerprint density at radius 3 is 2.26 bits per heavy atom. The van der Waals surface area contributed by atoms with Crippen molar-refractivity contribution in [1.82, 2.24) is 10.6 Å². The van der Waals surface area contributed by atoms with Gasteiger partial charge < -0.3 is 25.2 Å². The summed E-state index contributed by atoms with van der Waals surface area (Å²) in [5, 5.41) is 14.7. The molecule has 0 bridgehead atoms. The van der Waals surface area contributed by atoms with E-state index in [1.54, 1.807) is 0 Å². The number of nitrogens with one attached hydrogen (secondary N) is 2. The molecule has 1 aliphatic heterocycles. The number of alkyl carbamates (subject to hydrolysis) is 1. The Kier molecular flexibility index (Phi) is 7.37. The summed E-state index contributed by atoms with van der Waals surface area (Å²) in [5.74, 6) is 0.714. The minimum absolute atomic E-state index is 0.0598. The predicted octanol–water partition coefficient (Wildman–Crippen LogP) is 3.06. The molecular formula is C27H28N2O6. The first-order valence-electron chi connectivity index (χ1n) is 11.6. The summed E-state index contributed by atoms with van der Waals surface area (Å²) in [6.07, 6.45) is 5.09. The van der Waals surface area contributed by atoms with Gasteiger partial charge in [-0.2, -0.15) is 0 Å². The monoisotopic (exact) mass is 476 g/mol. The number of carboxylic acids is 1. The van der Waals surface area contributed by atoms with Crippen molar-refractivity contribution in [2.75, 3.05) is 19.8 Å². The molecule has 2 amide bonds. The van der Waals surface area contributed by atoms with Crippen molar-refractivity contribution in [3.8, 4) is 23.5 Å². The number of terminal acetylenes is 1. The first kappa shape index (κ1) is 24.3. The Balaban J connectivity index is 1.41. The van der Waals surface area contributed by atoms with Gasteiger partial charge >= 0.3 is 12.1 Å². The third-order valence-electron chi connectivity index (χ3n) is 6.60. The third-order valence-corrected chi connectivity index (χ3v) is 6.60. The summed E-state index contributed by atoms with van der Waals surface area (Å²) in [6.45, 7) is 0.783. The molecule has 35 heavy (non-hydrogen) atoms. The molecule has 8 heteroatoms. The van der Waals surface area contributed by atoms with Gasteiger partial charge in [-0.25, -0.2) is 4.79 Å². The van der Waals surface area contributed by atoms with E-state index in [9.17, 15) is 19.5 Å². The van der Waals surface area contributed by atoms with Crippen LogP contribution >= 0.6 is 0 Å². The van der Waals surface area contributed by atoms with Crippen molar-refractivity contribution in [1.29, 1.82) is 0 Å². The number of fused-ring (bicyclic) bond motifs is 3. The van der Waals surface area contributed by atoms with Crippen LogP contribution in [0.2, 0.25) is 0 Å². The van der Waals surface area contributed by atoms with Crippen LogP contribution < -0.4 is 10.6 Å². The number of aliphatic carboxylic acids is 1. The van der Waals surface area contributed by atoms with Crippen molar-refractivity contribution >= 4 is 18.0 Å². The zero-order chi connectivity index (χ0) is 24.8. The van der Waals surface area contributed by atoms with Gasteiger partial charge in [-0.05, 0) is 35.1 Å².